The van der Waals surface area contributed by atoms with Gasteiger partial charge in [-0.1, -0.05) is 26.7 Å². The van der Waals surface area contributed by atoms with Gasteiger partial charge in [-0.2, -0.15) is 0 Å². The van der Waals surface area contributed by atoms with Crippen LogP contribution in [0.3, 0.4) is 0 Å². The van der Waals surface area contributed by atoms with Crippen molar-refractivity contribution in [2.24, 2.45) is 52.8 Å². The third kappa shape index (κ3) is 0.871. The predicted molar refractivity (Wildman–Crippen MR) is 69.4 cm³/mol. The topological polar surface area (TPSA) is 0 Å². The lowest BCUT2D eigenvalue weighted by atomic mass is 9.35. The van der Waals surface area contributed by atoms with Crippen LogP contribution in [0.5, 0.6) is 0 Å². The molecule has 12 aliphatic rings. The largest absolute Gasteiger partial charge is 0.0654 e. The lowest BCUT2D eigenvalue weighted by Gasteiger charge is -2.69. The van der Waals surface area contributed by atoms with Crippen LogP contribution in [0.15, 0.2) is 0 Å². The van der Waals surface area contributed by atoms with E-state index >= 15 is 0 Å². The second kappa shape index (κ2) is 2.78. The molecule has 12 fully saturated rings. The van der Waals surface area contributed by atoms with E-state index < -0.39 is 0 Å². The summed E-state index contributed by atoms with van der Waals surface area (Å²) < 4.78 is 0. The van der Waals surface area contributed by atoms with Gasteiger partial charge < -0.3 is 0 Å². The van der Waals surface area contributed by atoms with Gasteiger partial charge in [0.25, 0.3) is 0 Å². The molecule has 0 heteroatoms. The minimum Gasteiger partial charge on any atom is -0.0654 e. The summed E-state index contributed by atoms with van der Waals surface area (Å²) in [5.41, 5.74) is 0.811. The van der Waals surface area contributed by atoms with Crippen LogP contribution >= 0.6 is 0 Å². The molecule has 94 valence electrons. The zero-order valence-corrected chi connectivity index (χ0v) is 11.4. The molecule has 0 amide bonds. The van der Waals surface area contributed by atoms with E-state index in [-0.39, 0.29) is 0 Å². The standard InChI is InChI=1S/C17H26/c1-3-4-9-10-6-15-13-5-12(10)16-7-11(13)14(9)8-17(15,16)2/h9-16H,3-8H2,1-2H3. The summed E-state index contributed by atoms with van der Waals surface area (Å²) in [4.78, 5) is 0. The van der Waals surface area contributed by atoms with E-state index in [4.69, 9.17) is 0 Å². The maximum absolute atomic E-state index is 2.70. The highest BCUT2D eigenvalue weighted by atomic mass is 14.8. The van der Waals surface area contributed by atoms with Crippen molar-refractivity contribution < 1.29 is 0 Å². The first kappa shape index (κ1) is 9.87. The monoisotopic (exact) mass is 230 g/mol. The molecule has 0 saturated heterocycles. The van der Waals surface area contributed by atoms with Gasteiger partial charge in [-0.05, 0) is 78.4 Å². The van der Waals surface area contributed by atoms with Crippen molar-refractivity contribution in [3.05, 3.63) is 0 Å². The summed E-state index contributed by atoms with van der Waals surface area (Å²) >= 11 is 0. The fourth-order valence-corrected chi connectivity index (χ4v) is 8.16. The minimum atomic E-state index is 0.811. The molecule has 12 aliphatic carbocycles. The molecule has 0 aliphatic heterocycles. The van der Waals surface area contributed by atoms with Gasteiger partial charge in [0, 0.05) is 0 Å². The molecule has 12 saturated carbocycles. The van der Waals surface area contributed by atoms with Crippen molar-refractivity contribution in [2.75, 3.05) is 0 Å². The molecular weight excluding hydrogens is 204 g/mol. The maximum Gasteiger partial charge on any atom is -0.0261 e. The second-order valence-corrected chi connectivity index (χ2v) is 8.40. The van der Waals surface area contributed by atoms with Crippen molar-refractivity contribution in [1.82, 2.24) is 0 Å². The first-order valence-corrected chi connectivity index (χ1v) is 8.24. The molecular formula is C17H26. The molecule has 0 spiro atoms. The lowest BCUT2D eigenvalue weighted by molar-refractivity contribution is -0.208. The van der Waals surface area contributed by atoms with Crippen molar-refractivity contribution in [3.63, 3.8) is 0 Å². The van der Waals surface area contributed by atoms with Crippen LogP contribution in [0.4, 0.5) is 0 Å². The second-order valence-electron chi connectivity index (χ2n) is 8.40. The fourth-order valence-electron chi connectivity index (χ4n) is 8.16. The van der Waals surface area contributed by atoms with Crippen LogP contribution in [0, 0.1) is 52.8 Å². The van der Waals surface area contributed by atoms with Crippen LogP contribution < -0.4 is 0 Å². The lowest BCUT2D eigenvalue weighted by Crippen LogP contribution is -2.62. The quantitative estimate of drug-likeness (QED) is 0.661. The van der Waals surface area contributed by atoms with Gasteiger partial charge in [-0.25, -0.2) is 0 Å². The van der Waals surface area contributed by atoms with Crippen LogP contribution in [-0.2, 0) is 0 Å². The van der Waals surface area contributed by atoms with E-state index in [2.05, 4.69) is 13.8 Å². The third-order valence-corrected chi connectivity index (χ3v) is 8.37. The normalized spacial score (nSPS) is 69.5. The zero-order valence-electron chi connectivity index (χ0n) is 11.4. The Kier molecular flexibility index (Phi) is 1.61. The Hall–Kier alpha value is 0. The van der Waals surface area contributed by atoms with E-state index in [1.54, 1.807) is 32.1 Å². The Morgan fingerprint density at radius 1 is 0.882 bits per heavy atom. The Balaban J connectivity index is 1.70. The molecule has 0 radical (unpaired) electrons. The van der Waals surface area contributed by atoms with Gasteiger partial charge in [0.15, 0.2) is 0 Å². The van der Waals surface area contributed by atoms with E-state index in [0.29, 0.717) is 0 Å². The van der Waals surface area contributed by atoms with Gasteiger partial charge >= 0.3 is 0 Å². The fraction of sp³-hybridized carbons (Fsp3) is 1.00. The molecule has 8 bridgehead atoms. The summed E-state index contributed by atoms with van der Waals surface area (Å²) in [6.07, 6.45) is 9.61. The van der Waals surface area contributed by atoms with Crippen LogP contribution in [0.2, 0.25) is 0 Å². The van der Waals surface area contributed by atoms with E-state index in [9.17, 15) is 0 Å². The molecule has 0 aromatic rings. The summed E-state index contributed by atoms with van der Waals surface area (Å²) in [6, 6.07) is 0. The zero-order chi connectivity index (χ0) is 11.4. The third-order valence-electron chi connectivity index (χ3n) is 8.37. The molecule has 9 atom stereocenters. The van der Waals surface area contributed by atoms with E-state index in [1.807, 2.05) is 0 Å². The van der Waals surface area contributed by atoms with E-state index in [0.717, 1.165) is 17.3 Å². The Labute approximate surface area is 106 Å². The van der Waals surface area contributed by atoms with Gasteiger partial charge in [-0.3, -0.25) is 0 Å². The SMILES string of the molecule is CCCC1C2CC3(C)C4CC2C2CC4C1CC23. The van der Waals surface area contributed by atoms with Gasteiger partial charge in [-0.15, -0.1) is 0 Å². The van der Waals surface area contributed by atoms with Crippen LogP contribution in [0.1, 0.15) is 52.4 Å². The van der Waals surface area contributed by atoms with Crippen molar-refractivity contribution in [3.8, 4) is 0 Å². The molecule has 0 N–H and O–H groups in total. The van der Waals surface area contributed by atoms with Gasteiger partial charge in [0.05, 0.1) is 0 Å². The molecule has 0 nitrogen and oxygen atoms in total. The summed E-state index contributed by atoms with van der Waals surface area (Å²) in [5, 5.41) is 0. The smallest absolute Gasteiger partial charge is 0.0261 e. The minimum absolute atomic E-state index is 0.811. The molecule has 0 aromatic heterocycles. The molecule has 12 rings (SSSR count). The summed E-state index contributed by atoms with van der Waals surface area (Å²) in [7, 11) is 0. The first-order valence-electron chi connectivity index (χ1n) is 8.24. The highest BCUT2D eigenvalue weighted by Crippen LogP contribution is 2.79. The van der Waals surface area contributed by atoms with Gasteiger partial charge in [0.2, 0.25) is 0 Å². The molecule has 0 heterocycles. The van der Waals surface area contributed by atoms with Crippen molar-refractivity contribution in [1.29, 1.82) is 0 Å². The Bertz CT molecular complexity index is 368. The highest BCUT2D eigenvalue weighted by Gasteiger charge is 2.73. The molecule has 0 aromatic carbocycles. The molecule has 9 unspecified atom stereocenters. The van der Waals surface area contributed by atoms with Crippen molar-refractivity contribution >= 4 is 0 Å². The van der Waals surface area contributed by atoms with E-state index in [1.165, 1.54) is 41.9 Å². The summed E-state index contributed by atoms with van der Waals surface area (Å²) in [5.74, 6) is 9.37. The first-order chi connectivity index (χ1) is 8.24. The van der Waals surface area contributed by atoms with Crippen LogP contribution in [0.25, 0.3) is 0 Å². The molecule has 17 heavy (non-hydrogen) atoms. The van der Waals surface area contributed by atoms with Crippen LogP contribution in [-0.4, -0.2) is 0 Å². The number of hydrogen-bond donors (Lipinski definition) is 0. The van der Waals surface area contributed by atoms with Gasteiger partial charge in [0.1, 0.15) is 0 Å². The Morgan fingerprint density at radius 2 is 1.59 bits per heavy atom. The average molecular weight is 230 g/mol. The van der Waals surface area contributed by atoms with Crippen molar-refractivity contribution in [2.45, 2.75) is 52.4 Å². The highest BCUT2D eigenvalue weighted by molar-refractivity contribution is 5.21. The predicted octanol–water partition coefficient (Wildman–Crippen LogP) is 4.35. The number of hydrogen-bond acceptors (Lipinski definition) is 0. The maximum atomic E-state index is 2.70. The average Bonchev–Trinajstić information content (AvgIpc) is 2.65. The summed E-state index contributed by atoms with van der Waals surface area (Å²) in [6.45, 7) is 5.12. The number of rotatable bonds is 2. The Morgan fingerprint density at radius 3 is 2.29 bits per heavy atom.